The van der Waals surface area contributed by atoms with Gasteiger partial charge in [-0.2, -0.15) is 0 Å². The molecule has 0 bridgehead atoms. The minimum atomic E-state index is 0.0105. The number of furan rings is 1. The van der Waals surface area contributed by atoms with Gasteiger partial charge < -0.3 is 20.0 Å². The monoisotopic (exact) mass is 329 g/mol. The lowest BCUT2D eigenvalue weighted by Crippen LogP contribution is -2.24. The van der Waals surface area contributed by atoms with E-state index in [4.69, 9.17) is 4.42 Å². The summed E-state index contributed by atoms with van der Waals surface area (Å²) in [7, 11) is 0. The van der Waals surface area contributed by atoms with Crippen molar-refractivity contribution >= 4 is 17.3 Å². The maximum absolute atomic E-state index is 11.8. The minimum absolute atomic E-state index is 0.0105. The Balaban J connectivity index is 1.78. The average molecular weight is 329 g/mol. The van der Waals surface area contributed by atoms with Crippen LogP contribution in [0.5, 0.6) is 0 Å². The first-order valence-corrected chi connectivity index (χ1v) is 8.52. The van der Waals surface area contributed by atoms with Crippen molar-refractivity contribution in [2.24, 2.45) is 0 Å². The number of hydrogen-bond donors (Lipinski definition) is 2. The highest BCUT2D eigenvalue weighted by molar-refractivity contribution is 5.76. The van der Waals surface area contributed by atoms with Gasteiger partial charge in [0.05, 0.1) is 12.8 Å². The second kappa shape index (κ2) is 9.01. The van der Waals surface area contributed by atoms with Crippen LogP contribution in [0.4, 0.5) is 11.4 Å². The molecule has 1 aromatic heterocycles. The Morgan fingerprint density at radius 1 is 1.21 bits per heavy atom. The van der Waals surface area contributed by atoms with Crippen LogP contribution in [-0.4, -0.2) is 25.5 Å². The van der Waals surface area contributed by atoms with Crippen molar-refractivity contribution in [1.82, 2.24) is 5.32 Å². The molecular formula is C19H27N3O2. The lowest BCUT2D eigenvalue weighted by atomic mass is 10.1. The number of amides is 1. The summed E-state index contributed by atoms with van der Waals surface area (Å²) in [5.41, 5.74) is 3.50. The van der Waals surface area contributed by atoms with E-state index in [1.807, 2.05) is 12.1 Å². The molecule has 5 nitrogen and oxygen atoms in total. The molecule has 1 amide bonds. The third kappa shape index (κ3) is 5.05. The van der Waals surface area contributed by atoms with Crippen LogP contribution < -0.4 is 15.5 Å². The Bertz CT molecular complexity index is 634. The van der Waals surface area contributed by atoms with Crippen LogP contribution in [0.15, 0.2) is 41.0 Å². The van der Waals surface area contributed by atoms with E-state index in [2.05, 4.69) is 54.5 Å². The predicted molar refractivity (Wildman–Crippen MR) is 98.4 cm³/mol. The van der Waals surface area contributed by atoms with Crippen molar-refractivity contribution in [1.29, 1.82) is 0 Å². The Labute approximate surface area is 144 Å². The molecule has 0 atom stereocenters. The number of nitrogens with one attached hydrogen (secondary N) is 2. The highest BCUT2D eigenvalue weighted by atomic mass is 16.3. The van der Waals surface area contributed by atoms with E-state index < -0.39 is 0 Å². The van der Waals surface area contributed by atoms with Crippen molar-refractivity contribution < 1.29 is 9.21 Å². The molecule has 2 aromatic rings. The topological polar surface area (TPSA) is 57.5 Å². The zero-order chi connectivity index (χ0) is 17.4. The summed E-state index contributed by atoms with van der Waals surface area (Å²) in [5.74, 6) is 0.774. The standard InChI is InChI=1S/C19H27N3O2/c1-4-22(5-2)16-8-9-18(15(3)13-16)20-11-10-19(23)21-14-17-7-6-12-24-17/h6-9,12-13,20H,4-5,10-11,14H2,1-3H3,(H,21,23). The van der Waals surface area contributed by atoms with Crippen molar-refractivity contribution in [2.45, 2.75) is 33.7 Å². The van der Waals surface area contributed by atoms with E-state index in [1.165, 1.54) is 11.3 Å². The quantitative estimate of drug-likeness (QED) is 0.739. The Kier molecular flexibility index (Phi) is 6.73. The molecule has 0 saturated carbocycles. The molecule has 5 heteroatoms. The van der Waals surface area contributed by atoms with Gasteiger partial charge >= 0.3 is 0 Å². The van der Waals surface area contributed by atoms with Crippen LogP contribution in [0, 0.1) is 6.92 Å². The molecule has 1 aromatic carbocycles. The van der Waals surface area contributed by atoms with Gasteiger partial charge in [-0.05, 0) is 56.7 Å². The van der Waals surface area contributed by atoms with Gasteiger partial charge in [0.2, 0.25) is 5.91 Å². The molecule has 130 valence electrons. The summed E-state index contributed by atoms with van der Waals surface area (Å²) >= 11 is 0. The van der Waals surface area contributed by atoms with Gasteiger partial charge in [-0.15, -0.1) is 0 Å². The number of hydrogen-bond acceptors (Lipinski definition) is 4. The first kappa shape index (κ1) is 17.9. The van der Waals surface area contributed by atoms with Gasteiger partial charge in [-0.3, -0.25) is 4.79 Å². The lowest BCUT2D eigenvalue weighted by molar-refractivity contribution is -0.121. The number of benzene rings is 1. The average Bonchev–Trinajstić information content (AvgIpc) is 3.09. The van der Waals surface area contributed by atoms with E-state index >= 15 is 0 Å². The molecule has 0 aliphatic rings. The Morgan fingerprint density at radius 3 is 2.62 bits per heavy atom. The number of carbonyl (C=O) groups is 1. The second-order valence-corrected chi connectivity index (χ2v) is 5.70. The maximum atomic E-state index is 11.8. The van der Waals surface area contributed by atoms with Gasteiger partial charge in [0, 0.05) is 37.4 Å². The maximum Gasteiger partial charge on any atom is 0.222 e. The number of nitrogens with zero attached hydrogens (tertiary/aromatic N) is 1. The minimum Gasteiger partial charge on any atom is -0.467 e. The molecule has 24 heavy (non-hydrogen) atoms. The molecule has 1 heterocycles. The van der Waals surface area contributed by atoms with Gasteiger partial charge in [0.1, 0.15) is 5.76 Å². The third-order valence-electron chi connectivity index (χ3n) is 4.05. The van der Waals surface area contributed by atoms with Crippen molar-refractivity contribution in [2.75, 3.05) is 29.9 Å². The molecule has 2 N–H and O–H groups in total. The van der Waals surface area contributed by atoms with Crippen LogP contribution >= 0.6 is 0 Å². The van der Waals surface area contributed by atoms with Gasteiger partial charge in [0.25, 0.3) is 0 Å². The first-order chi connectivity index (χ1) is 11.6. The van der Waals surface area contributed by atoms with Crippen molar-refractivity contribution in [3.63, 3.8) is 0 Å². The smallest absolute Gasteiger partial charge is 0.222 e. The summed E-state index contributed by atoms with van der Waals surface area (Å²) in [4.78, 5) is 14.2. The van der Waals surface area contributed by atoms with E-state index in [9.17, 15) is 4.79 Å². The van der Waals surface area contributed by atoms with Crippen LogP contribution in [0.1, 0.15) is 31.6 Å². The van der Waals surface area contributed by atoms with E-state index in [1.54, 1.807) is 6.26 Å². The molecule has 0 fully saturated rings. The highest BCUT2D eigenvalue weighted by Crippen LogP contribution is 2.22. The van der Waals surface area contributed by atoms with Crippen LogP contribution in [-0.2, 0) is 11.3 Å². The molecule has 0 aliphatic heterocycles. The molecule has 2 rings (SSSR count). The largest absolute Gasteiger partial charge is 0.467 e. The van der Waals surface area contributed by atoms with Crippen LogP contribution in [0.3, 0.4) is 0 Å². The van der Waals surface area contributed by atoms with E-state index in [0.717, 1.165) is 24.5 Å². The summed E-state index contributed by atoms with van der Waals surface area (Å²) in [5, 5.41) is 6.18. The van der Waals surface area contributed by atoms with Crippen molar-refractivity contribution in [3.05, 3.63) is 47.9 Å². The molecular weight excluding hydrogens is 302 g/mol. The lowest BCUT2D eigenvalue weighted by Gasteiger charge is -2.22. The van der Waals surface area contributed by atoms with Crippen molar-refractivity contribution in [3.8, 4) is 0 Å². The van der Waals surface area contributed by atoms with Gasteiger partial charge in [-0.1, -0.05) is 0 Å². The second-order valence-electron chi connectivity index (χ2n) is 5.70. The highest BCUT2D eigenvalue weighted by Gasteiger charge is 2.06. The van der Waals surface area contributed by atoms with Gasteiger partial charge in [-0.25, -0.2) is 0 Å². The van der Waals surface area contributed by atoms with Gasteiger partial charge in [0.15, 0.2) is 0 Å². The normalized spacial score (nSPS) is 10.5. The SMILES string of the molecule is CCN(CC)c1ccc(NCCC(=O)NCc2ccco2)c(C)c1. The fourth-order valence-electron chi connectivity index (χ4n) is 2.63. The number of rotatable bonds is 9. The molecule has 0 saturated heterocycles. The summed E-state index contributed by atoms with van der Waals surface area (Å²) in [6, 6.07) is 10.1. The fourth-order valence-corrected chi connectivity index (χ4v) is 2.63. The first-order valence-electron chi connectivity index (χ1n) is 8.52. The zero-order valence-electron chi connectivity index (χ0n) is 14.8. The molecule has 0 radical (unpaired) electrons. The number of aryl methyl sites for hydroxylation is 1. The zero-order valence-corrected chi connectivity index (χ0v) is 14.8. The van der Waals surface area contributed by atoms with E-state index in [0.29, 0.717) is 19.5 Å². The number of anilines is 2. The van der Waals surface area contributed by atoms with E-state index in [-0.39, 0.29) is 5.91 Å². The Hall–Kier alpha value is -2.43. The Morgan fingerprint density at radius 2 is 2.00 bits per heavy atom. The fraction of sp³-hybridized carbons (Fsp3) is 0.421. The third-order valence-corrected chi connectivity index (χ3v) is 4.05. The number of carbonyl (C=O) groups excluding carboxylic acids is 1. The van der Waals surface area contributed by atoms with Crippen LogP contribution in [0.25, 0.3) is 0 Å². The molecule has 0 spiro atoms. The summed E-state index contributed by atoms with van der Waals surface area (Å²) < 4.78 is 5.19. The van der Waals surface area contributed by atoms with Crippen LogP contribution in [0.2, 0.25) is 0 Å². The summed E-state index contributed by atoms with van der Waals surface area (Å²) in [6.45, 7) is 9.45. The molecule has 0 unspecified atom stereocenters. The molecule has 0 aliphatic carbocycles. The summed E-state index contributed by atoms with van der Waals surface area (Å²) in [6.07, 6.45) is 2.03. The predicted octanol–water partition coefficient (Wildman–Crippen LogP) is 3.55.